The molecule has 2 aromatic rings. The van der Waals surface area contributed by atoms with E-state index in [2.05, 4.69) is 28.3 Å². The summed E-state index contributed by atoms with van der Waals surface area (Å²) in [6, 6.07) is 8.02. The number of anilines is 2. The first kappa shape index (κ1) is 23.2. The zero-order chi connectivity index (χ0) is 18.3. The standard InChI is InChI=1S/C8H12N2.C7H10N2.2C2H6/c1-7-4-5-9-8(6-7)10(2)3;1-6-3-4-9-7(5-6)8-2;2*1-2/h4-6H,1-3H3;3-5H,1-2H3,(H,8,9);2*1-2H3. The van der Waals surface area contributed by atoms with Gasteiger partial charge in [0.25, 0.3) is 0 Å². The molecule has 0 atom stereocenters. The number of rotatable bonds is 2. The van der Waals surface area contributed by atoms with Gasteiger partial charge in [-0.25, -0.2) is 9.97 Å². The van der Waals surface area contributed by atoms with E-state index in [1.54, 1.807) is 6.20 Å². The lowest BCUT2D eigenvalue weighted by Crippen LogP contribution is -2.10. The Morgan fingerprint density at radius 3 is 1.61 bits per heavy atom. The number of pyridine rings is 2. The molecule has 0 fully saturated rings. The highest BCUT2D eigenvalue weighted by atomic mass is 15.1. The monoisotopic (exact) mass is 318 g/mol. The van der Waals surface area contributed by atoms with Gasteiger partial charge in [0.2, 0.25) is 0 Å². The van der Waals surface area contributed by atoms with Crippen LogP contribution in [-0.2, 0) is 0 Å². The van der Waals surface area contributed by atoms with E-state index >= 15 is 0 Å². The van der Waals surface area contributed by atoms with Gasteiger partial charge in [0.05, 0.1) is 0 Å². The van der Waals surface area contributed by atoms with Gasteiger partial charge in [0.1, 0.15) is 11.6 Å². The van der Waals surface area contributed by atoms with Gasteiger partial charge < -0.3 is 10.2 Å². The second-order valence-corrected chi connectivity index (χ2v) is 4.55. The number of aromatic nitrogens is 2. The number of nitrogens with zero attached hydrogens (tertiary/aromatic N) is 3. The normalized spacial score (nSPS) is 8.22. The molecular weight excluding hydrogens is 284 g/mol. The second kappa shape index (κ2) is 14.8. The van der Waals surface area contributed by atoms with Crippen molar-refractivity contribution in [1.82, 2.24) is 9.97 Å². The Morgan fingerprint density at radius 2 is 1.30 bits per heavy atom. The van der Waals surface area contributed by atoms with Gasteiger partial charge >= 0.3 is 0 Å². The summed E-state index contributed by atoms with van der Waals surface area (Å²) >= 11 is 0. The first-order chi connectivity index (χ1) is 11.0. The van der Waals surface area contributed by atoms with E-state index in [0.29, 0.717) is 0 Å². The maximum absolute atomic E-state index is 4.16. The Hall–Kier alpha value is -2.10. The van der Waals surface area contributed by atoms with Crippen LogP contribution in [0.2, 0.25) is 0 Å². The molecular formula is C19H34N4. The van der Waals surface area contributed by atoms with Crippen LogP contribution in [0.4, 0.5) is 11.6 Å². The minimum absolute atomic E-state index is 0.926. The van der Waals surface area contributed by atoms with Gasteiger partial charge in [0, 0.05) is 33.5 Å². The minimum atomic E-state index is 0.926. The summed E-state index contributed by atoms with van der Waals surface area (Å²) in [7, 11) is 5.84. The molecule has 1 N–H and O–H groups in total. The van der Waals surface area contributed by atoms with E-state index in [1.165, 1.54) is 11.1 Å². The lowest BCUT2D eigenvalue weighted by Gasteiger charge is -2.10. The first-order valence-corrected chi connectivity index (χ1v) is 8.23. The average molecular weight is 319 g/mol. The third kappa shape index (κ3) is 11.2. The van der Waals surface area contributed by atoms with Gasteiger partial charge in [-0.2, -0.15) is 0 Å². The van der Waals surface area contributed by atoms with Crippen molar-refractivity contribution in [2.24, 2.45) is 0 Å². The Morgan fingerprint density at radius 1 is 0.826 bits per heavy atom. The summed E-state index contributed by atoms with van der Waals surface area (Å²) in [6.07, 6.45) is 3.62. The second-order valence-electron chi connectivity index (χ2n) is 4.55. The highest BCUT2D eigenvalue weighted by Gasteiger charge is 1.93. The molecule has 0 saturated carbocycles. The molecule has 0 bridgehead atoms. The summed E-state index contributed by atoms with van der Waals surface area (Å²) in [5, 5.41) is 2.96. The van der Waals surface area contributed by atoms with Crippen LogP contribution in [0.25, 0.3) is 0 Å². The lowest BCUT2D eigenvalue weighted by molar-refractivity contribution is 1.06. The molecule has 0 saturated heterocycles. The van der Waals surface area contributed by atoms with Crippen LogP contribution in [0.3, 0.4) is 0 Å². The van der Waals surface area contributed by atoms with Crippen molar-refractivity contribution in [2.45, 2.75) is 41.5 Å². The first-order valence-electron chi connectivity index (χ1n) is 8.23. The van der Waals surface area contributed by atoms with Crippen molar-refractivity contribution in [1.29, 1.82) is 0 Å². The van der Waals surface area contributed by atoms with E-state index in [4.69, 9.17) is 0 Å². The number of nitrogens with one attached hydrogen (secondary N) is 1. The Balaban J connectivity index is 0. The number of aryl methyl sites for hydroxylation is 2. The van der Waals surface area contributed by atoms with E-state index in [-0.39, 0.29) is 0 Å². The average Bonchev–Trinajstić information content (AvgIpc) is 2.59. The van der Waals surface area contributed by atoms with E-state index < -0.39 is 0 Å². The lowest BCUT2D eigenvalue weighted by atomic mass is 10.3. The maximum atomic E-state index is 4.16. The molecule has 0 unspecified atom stereocenters. The van der Waals surface area contributed by atoms with Crippen LogP contribution in [-0.4, -0.2) is 31.1 Å². The zero-order valence-corrected chi connectivity index (χ0v) is 16.3. The van der Waals surface area contributed by atoms with Gasteiger partial charge in [-0.05, 0) is 49.2 Å². The third-order valence-corrected chi connectivity index (χ3v) is 2.53. The van der Waals surface area contributed by atoms with Crippen LogP contribution >= 0.6 is 0 Å². The summed E-state index contributed by atoms with van der Waals surface area (Å²) in [6.45, 7) is 12.1. The summed E-state index contributed by atoms with van der Waals surface area (Å²) in [4.78, 5) is 10.2. The maximum Gasteiger partial charge on any atom is 0.128 e. The number of hydrogen-bond donors (Lipinski definition) is 1. The summed E-state index contributed by atoms with van der Waals surface area (Å²) < 4.78 is 0. The molecule has 0 spiro atoms. The van der Waals surface area contributed by atoms with Gasteiger partial charge in [-0.3, -0.25) is 0 Å². The van der Waals surface area contributed by atoms with Crippen LogP contribution in [0.1, 0.15) is 38.8 Å². The van der Waals surface area contributed by atoms with Gasteiger partial charge in [-0.15, -0.1) is 0 Å². The summed E-state index contributed by atoms with van der Waals surface area (Å²) in [5.74, 6) is 1.94. The van der Waals surface area contributed by atoms with E-state index in [0.717, 1.165) is 11.6 Å². The van der Waals surface area contributed by atoms with Crippen molar-refractivity contribution >= 4 is 11.6 Å². The third-order valence-electron chi connectivity index (χ3n) is 2.53. The molecule has 2 rings (SSSR count). The molecule has 0 amide bonds. The fourth-order valence-electron chi connectivity index (χ4n) is 1.44. The molecule has 130 valence electrons. The minimum Gasteiger partial charge on any atom is -0.373 e. The van der Waals surface area contributed by atoms with Gasteiger partial charge in [0.15, 0.2) is 0 Å². The SMILES string of the molecule is CC.CC.CNc1cc(C)ccn1.Cc1ccnc(N(C)C)c1. The highest BCUT2D eigenvalue weighted by molar-refractivity contribution is 5.38. The predicted molar refractivity (Wildman–Crippen MR) is 105 cm³/mol. The molecule has 0 aliphatic heterocycles. The molecule has 0 aliphatic carbocycles. The fraction of sp³-hybridized carbons (Fsp3) is 0.474. The Bertz CT molecular complexity index is 510. The molecule has 0 aliphatic rings. The fourth-order valence-corrected chi connectivity index (χ4v) is 1.44. The van der Waals surface area contributed by atoms with Crippen molar-refractivity contribution in [3.05, 3.63) is 47.8 Å². The molecule has 4 heteroatoms. The smallest absolute Gasteiger partial charge is 0.128 e. The van der Waals surface area contributed by atoms with Crippen molar-refractivity contribution in [3.8, 4) is 0 Å². The topological polar surface area (TPSA) is 41.1 Å². The van der Waals surface area contributed by atoms with Crippen molar-refractivity contribution < 1.29 is 0 Å². The highest BCUT2D eigenvalue weighted by Crippen LogP contribution is 2.07. The van der Waals surface area contributed by atoms with Crippen molar-refractivity contribution in [3.63, 3.8) is 0 Å². The molecule has 23 heavy (non-hydrogen) atoms. The predicted octanol–water partition coefficient (Wildman–Crippen LogP) is 4.94. The van der Waals surface area contributed by atoms with Crippen LogP contribution in [0, 0.1) is 13.8 Å². The van der Waals surface area contributed by atoms with E-state index in [9.17, 15) is 0 Å². The van der Waals surface area contributed by atoms with Crippen LogP contribution in [0.5, 0.6) is 0 Å². The zero-order valence-electron chi connectivity index (χ0n) is 16.3. The molecule has 0 radical (unpaired) electrons. The largest absolute Gasteiger partial charge is 0.373 e. The molecule has 2 aromatic heterocycles. The van der Waals surface area contributed by atoms with Crippen molar-refractivity contribution in [2.75, 3.05) is 31.4 Å². The van der Waals surface area contributed by atoms with Crippen LogP contribution < -0.4 is 10.2 Å². The summed E-state index contributed by atoms with van der Waals surface area (Å²) in [5.41, 5.74) is 2.48. The molecule has 4 nitrogen and oxygen atoms in total. The molecule has 2 heterocycles. The van der Waals surface area contributed by atoms with E-state index in [1.807, 2.05) is 85.1 Å². The quantitative estimate of drug-likeness (QED) is 0.851. The number of hydrogen-bond acceptors (Lipinski definition) is 4. The van der Waals surface area contributed by atoms with Gasteiger partial charge in [-0.1, -0.05) is 27.7 Å². The van der Waals surface area contributed by atoms with Crippen LogP contribution in [0.15, 0.2) is 36.7 Å². The molecule has 0 aromatic carbocycles. The Labute approximate surface area is 143 Å². The Kier molecular flexibility index (Phi) is 14.9.